The van der Waals surface area contributed by atoms with Crippen LogP contribution in [0.5, 0.6) is 0 Å². The number of nitrogens with zero attached hydrogens (tertiary/aromatic N) is 4. The lowest BCUT2D eigenvalue weighted by atomic mass is 10.4. The molecular formula is C11H13N5S. The highest BCUT2D eigenvalue weighted by Gasteiger charge is 2.05. The lowest BCUT2D eigenvalue weighted by Gasteiger charge is -2.05. The summed E-state index contributed by atoms with van der Waals surface area (Å²) in [5.41, 5.74) is 0. The zero-order valence-electron chi connectivity index (χ0n) is 9.71. The quantitative estimate of drug-likeness (QED) is 0.834. The average molecular weight is 247 g/mol. The standard InChI is InChI=1S/C11H13N5S/c1-3-8-15-9(12-2)6-10(16-8)17-11-7-13-4-5-14-11/h4-7H,3H2,1-2H3,(H,12,15,16). The van der Waals surface area contributed by atoms with Gasteiger partial charge in [-0.1, -0.05) is 6.92 Å². The maximum Gasteiger partial charge on any atom is 0.131 e. The highest BCUT2D eigenvalue weighted by Crippen LogP contribution is 2.24. The first-order valence-corrected chi connectivity index (χ1v) is 6.13. The Hall–Kier alpha value is -1.69. The molecular weight excluding hydrogens is 234 g/mol. The molecule has 0 saturated heterocycles. The summed E-state index contributed by atoms with van der Waals surface area (Å²) in [6, 6.07) is 1.90. The number of hydrogen-bond donors (Lipinski definition) is 1. The fourth-order valence-electron chi connectivity index (χ4n) is 1.26. The molecule has 2 heterocycles. The van der Waals surface area contributed by atoms with E-state index in [2.05, 4.69) is 25.3 Å². The Bertz CT molecular complexity index is 466. The first-order chi connectivity index (χ1) is 8.31. The van der Waals surface area contributed by atoms with Gasteiger partial charge in [0.15, 0.2) is 0 Å². The molecule has 0 fully saturated rings. The second kappa shape index (κ2) is 5.58. The largest absolute Gasteiger partial charge is 0.373 e. The Labute approximate surface area is 104 Å². The van der Waals surface area contributed by atoms with Crippen molar-refractivity contribution in [3.05, 3.63) is 30.5 Å². The molecule has 0 amide bonds. The molecule has 0 saturated carbocycles. The molecule has 17 heavy (non-hydrogen) atoms. The molecule has 1 N–H and O–H groups in total. The summed E-state index contributed by atoms with van der Waals surface area (Å²) >= 11 is 1.48. The maximum absolute atomic E-state index is 4.44. The molecule has 0 aliphatic carbocycles. The molecule has 0 aliphatic rings. The van der Waals surface area contributed by atoms with Gasteiger partial charge in [-0.3, -0.25) is 4.98 Å². The monoisotopic (exact) mass is 247 g/mol. The fourth-order valence-corrected chi connectivity index (χ4v) is 2.02. The van der Waals surface area contributed by atoms with Crippen molar-refractivity contribution in [2.45, 2.75) is 23.4 Å². The van der Waals surface area contributed by atoms with Crippen LogP contribution >= 0.6 is 11.8 Å². The molecule has 0 aromatic carbocycles. The molecule has 0 spiro atoms. The lowest BCUT2D eigenvalue weighted by molar-refractivity contribution is 0.889. The van der Waals surface area contributed by atoms with Crippen LogP contribution in [0.15, 0.2) is 34.7 Å². The van der Waals surface area contributed by atoms with Crippen LogP contribution in [0.4, 0.5) is 5.82 Å². The SMILES string of the molecule is CCc1nc(NC)cc(Sc2cnccn2)n1. The van der Waals surface area contributed by atoms with E-state index >= 15 is 0 Å². The third-order valence-corrected chi connectivity index (χ3v) is 2.91. The minimum Gasteiger partial charge on any atom is -0.373 e. The van der Waals surface area contributed by atoms with Crippen molar-refractivity contribution in [3.8, 4) is 0 Å². The summed E-state index contributed by atoms with van der Waals surface area (Å²) in [7, 11) is 1.85. The molecule has 2 rings (SSSR count). The summed E-state index contributed by atoms with van der Waals surface area (Å²) in [4.78, 5) is 17.0. The van der Waals surface area contributed by atoms with Crippen LogP contribution in [0.3, 0.4) is 0 Å². The van der Waals surface area contributed by atoms with E-state index < -0.39 is 0 Å². The number of aryl methyl sites for hydroxylation is 1. The van der Waals surface area contributed by atoms with Gasteiger partial charge in [-0.2, -0.15) is 0 Å². The van der Waals surface area contributed by atoms with E-state index in [1.165, 1.54) is 11.8 Å². The zero-order chi connectivity index (χ0) is 12.1. The number of hydrogen-bond acceptors (Lipinski definition) is 6. The molecule has 2 aromatic rings. The van der Waals surface area contributed by atoms with Crippen LogP contribution in [0, 0.1) is 0 Å². The van der Waals surface area contributed by atoms with Crippen LogP contribution in [0.2, 0.25) is 0 Å². The molecule has 0 bridgehead atoms. The normalized spacial score (nSPS) is 10.2. The van der Waals surface area contributed by atoms with Crippen LogP contribution < -0.4 is 5.32 Å². The maximum atomic E-state index is 4.44. The van der Waals surface area contributed by atoms with Crippen molar-refractivity contribution in [3.63, 3.8) is 0 Å². The van der Waals surface area contributed by atoms with E-state index in [1.807, 2.05) is 20.0 Å². The molecule has 0 atom stereocenters. The van der Waals surface area contributed by atoms with Crippen LogP contribution in [-0.4, -0.2) is 27.0 Å². The number of nitrogens with one attached hydrogen (secondary N) is 1. The Morgan fingerprint density at radius 3 is 2.76 bits per heavy atom. The highest BCUT2D eigenvalue weighted by atomic mass is 32.2. The second-order valence-corrected chi connectivity index (χ2v) is 4.30. The number of anilines is 1. The van der Waals surface area contributed by atoms with E-state index in [-0.39, 0.29) is 0 Å². The summed E-state index contributed by atoms with van der Waals surface area (Å²) in [6.45, 7) is 2.03. The molecule has 5 nitrogen and oxygen atoms in total. The highest BCUT2D eigenvalue weighted by molar-refractivity contribution is 7.99. The second-order valence-electron chi connectivity index (χ2n) is 3.26. The first-order valence-electron chi connectivity index (χ1n) is 5.31. The van der Waals surface area contributed by atoms with E-state index in [1.54, 1.807) is 18.6 Å². The van der Waals surface area contributed by atoms with Crippen molar-refractivity contribution in [2.24, 2.45) is 0 Å². The van der Waals surface area contributed by atoms with Crippen LogP contribution in [0.25, 0.3) is 0 Å². The van der Waals surface area contributed by atoms with Crippen molar-refractivity contribution in [1.29, 1.82) is 0 Å². The molecule has 2 aromatic heterocycles. The third-order valence-electron chi connectivity index (χ3n) is 2.07. The van der Waals surface area contributed by atoms with E-state index in [9.17, 15) is 0 Å². The predicted octanol–water partition coefficient (Wildman–Crippen LogP) is 2.02. The van der Waals surface area contributed by atoms with E-state index in [0.717, 1.165) is 28.1 Å². The van der Waals surface area contributed by atoms with Gasteiger partial charge in [0, 0.05) is 31.9 Å². The summed E-state index contributed by atoms with van der Waals surface area (Å²) in [5, 5.41) is 4.73. The molecule has 88 valence electrons. The molecule has 0 radical (unpaired) electrons. The summed E-state index contributed by atoms with van der Waals surface area (Å²) < 4.78 is 0. The van der Waals surface area contributed by atoms with Crippen molar-refractivity contribution < 1.29 is 0 Å². The predicted molar refractivity (Wildman–Crippen MR) is 67.1 cm³/mol. The van der Waals surface area contributed by atoms with Gasteiger partial charge in [0.25, 0.3) is 0 Å². The first kappa shape index (κ1) is 11.8. The van der Waals surface area contributed by atoms with Gasteiger partial charge in [-0.15, -0.1) is 0 Å². The van der Waals surface area contributed by atoms with Gasteiger partial charge in [0.05, 0.1) is 6.20 Å². The van der Waals surface area contributed by atoms with E-state index in [0.29, 0.717) is 0 Å². The van der Waals surface area contributed by atoms with Crippen LogP contribution in [-0.2, 0) is 6.42 Å². The van der Waals surface area contributed by atoms with Crippen molar-refractivity contribution in [2.75, 3.05) is 12.4 Å². The minimum absolute atomic E-state index is 0.809. The topological polar surface area (TPSA) is 63.6 Å². The van der Waals surface area contributed by atoms with Crippen molar-refractivity contribution in [1.82, 2.24) is 19.9 Å². The van der Waals surface area contributed by atoms with Gasteiger partial charge in [-0.25, -0.2) is 15.0 Å². The Morgan fingerprint density at radius 2 is 2.12 bits per heavy atom. The third kappa shape index (κ3) is 3.13. The Morgan fingerprint density at radius 1 is 1.24 bits per heavy atom. The summed E-state index contributed by atoms with van der Waals surface area (Å²) in [5.74, 6) is 1.64. The van der Waals surface area contributed by atoms with Gasteiger partial charge in [-0.05, 0) is 11.8 Å². The fraction of sp³-hybridized carbons (Fsp3) is 0.273. The van der Waals surface area contributed by atoms with E-state index in [4.69, 9.17) is 0 Å². The van der Waals surface area contributed by atoms with Gasteiger partial charge < -0.3 is 5.32 Å². The number of rotatable bonds is 4. The zero-order valence-corrected chi connectivity index (χ0v) is 10.5. The number of aromatic nitrogens is 4. The Kier molecular flexibility index (Phi) is 3.87. The smallest absolute Gasteiger partial charge is 0.131 e. The van der Waals surface area contributed by atoms with Crippen LogP contribution in [0.1, 0.15) is 12.7 Å². The molecule has 6 heteroatoms. The molecule has 0 aliphatic heterocycles. The Balaban J connectivity index is 2.26. The van der Waals surface area contributed by atoms with Crippen molar-refractivity contribution >= 4 is 17.6 Å². The van der Waals surface area contributed by atoms with Gasteiger partial charge in [0.2, 0.25) is 0 Å². The lowest BCUT2D eigenvalue weighted by Crippen LogP contribution is -2.00. The molecule has 0 unspecified atom stereocenters. The minimum atomic E-state index is 0.809. The average Bonchev–Trinajstić information content (AvgIpc) is 2.39. The van der Waals surface area contributed by atoms with Gasteiger partial charge >= 0.3 is 0 Å². The summed E-state index contributed by atoms with van der Waals surface area (Å²) in [6.07, 6.45) is 5.85. The van der Waals surface area contributed by atoms with Gasteiger partial charge in [0.1, 0.15) is 21.7 Å².